The topological polar surface area (TPSA) is 21.3 Å². The number of fused-ring (bicyclic) bond motifs is 1. The molecule has 0 saturated carbocycles. The Morgan fingerprint density at radius 3 is 2.89 bits per heavy atom. The Labute approximate surface area is 111 Å². The molecular weight excluding hydrogens is 222 g/mol. The monoisotopic (exact) mass is 247 g/mol. The first-order valence-corrected chi connectivity index (χ1v) is 7.05. The van der Waals surface area contributed by atoms with Crippen LogP contribution < -0.4 is 10.1 Å². The maximum absolute atomic E-state index is 6.07. The van der Waals surface area contributed by atoms with E-state index in [1.165, 1.54) is 24.0 Å². The third-order valence-corrected chi connectivity index (χ3v) is 3.54. The maximum Gasteiger partial charge on any atom is 0.124 e. The summed E-state index contributed by atoms with van der Waals surface area (Å²) in [6, 6.07) is 6.92. The van der Waals surface area contributed by atoms with Crippen LogP contribution in [0.15, 0.2) is 18.2 Å². The molecule has 1 heterocycles. The first-order chi connectivity index (χ1) is 8.52. The Morgan fingerprint density at radius 2 is 2.17 bits per heavy atom. The largest absolute Gasteiger partial charge is 0.487 e. The zero-order valence-electron chi connectivity index (χ0n) is 12.0. The van der Waals surface area contributed by atoms with Crippen LogP contribution >= 0.6 is 0 Å². The second kappa shape index (κ2) is 5.31. The third kappa shape index (κ3) is 3.05. The Kier molecular flexibility index (Phi) is 3.96. The minimum atomic E-state index is -0.0772. The van der Waals surface area contributed by atoms with Crippen LogP contribution in [-0.2, 0) is 0 Å². The van der Waals surface area contributed by atoms with Crippen LogP contribution in [0, 0.1) is 6.92 Å². The molecule has 0 fully saturated rings. The second-order valence-electron chi connectivity index (χ2n) is 5.97. The Bertz CT molecular complexity index is 412. The number of hydrogen-bond acceptors (Lipinski definition) is 2. The van der Waals surface area contributed by atoms with Gasteiger partial charge in [-0.25, -0.2) is 0 Å². The van der Waals surface area contributed by atoms with Crippen molar-refractivity contribution in [3.05, 3.63) is 29.3 Å². The van der Waals surface area contributed by atoms with Crippen molar-refractivity contribution in [3.8, 4) is 5.75 Å². The summed E-state index contributed by atoms with van der Waals surface area (Å²) in [5.74, 6) is 1.05. The molecule has 0 radical (unpaired) electrons. The summed E-state index contributed by atoms with van der Waals surface area (Å²) in [6.07, 6.45) is 3.51. The highest BCUT2D eigenvalue weighted by Crippen LogP contribution is 2.39. The predicted octanol–water partition coefficient (Wildman–Crippen LogP) is 3.99. The molecule has 1 aliphatic rings. The molecule has 0 saturated heterocycles. The first kappa shape index (κ1) is 13.4. The smallest absolute Gasteiger partial charge is 0.124 e. The molecule has 100 valence electrons. The van der Waals surface area contributed by atoms with Gasteiger partial charge < -0.3 is 10.1 Å². The van der Waals surface area contributed by atoms with Crippen molar-refractivity contribution < 1.29 is 4.74 Å². The van der Waals surface area contributed by atoms with E-state index in [1.54, 1.807) is 0 Å². The van der Waals surface area contributed by atoms with E-state index in [-0.39, 0.29) is 5.60 Å². The molecule has 0 aromatic heterocycles. The summed E-state index contributed by atoms with van der Waals surface area (Å²) in [5.41, 5.74) is 2.55. The zero-order valence-corrected chi connectivity index (χ0v) is 12.0. The lowest BCUT2D eigenvalue weighted by molar-refractivity contribution is 0.0660. The van der Waals surface area contributed by atoms with Crippen molar-refractivity contribution in [2.45, 2.75) is 58.6 Å². The summed E-state index contributed by atoms with van der Waals surface area (Å²) in [5, 5.41) is 3.68. The van der Waals surface area contributed by atoms with Gasteiger partial charge in [0.2, 0.25) is 0 Å². The van der Waals surface area contributed by atoms with Crippen molar-refractivity contribution in [2.75, 3.05) is 6.54 Å². The Balaban J connectivity index is 2.21. The molecule has 1 N–H and O–H groups in total. The summed E-state index contributed by atoms with van der Waals surface area (Å²) in [4.78, 5) is 0. The Morgan fingerprint density at radius 1 is 1.39 bits per heavy atom. The molecule has 18 heavy (non-hydrogen) atoms. The zero-order chi connectivity index (χ0) is 13.2. The molecule has 1 atom stereocenters. The van der Waals surface area contributed by atoms with E-state index >= 15 is 0 Å². The number of rotatable bonds is 4. The van der Waals surface area contributed by atoms with Gasteiger partial charge in [-0.3, -0.25) is 0 Å². The summed E-state index contributed by atoms with van der Waals surface area (Å²) < 4.78 is 6.07. The highest BCUT2D eigenvalue weighted by atomic mass is 16.5. The average molecular weight is 247 g/mol. The number of hydrogen-bond donors (Lipinski definition) is 1. The van der Waals surface area contributed by atoms with Gasteiger partial charge >= 0.3 is 0 Å². The third-order valence-electron chi connectivity index (χ3n) is 3.54. The van der Waals surface area contributed by atoms with Gasteiger partial charge in [0.05, 0.1) is 0 Å². The van der Waals surface area contributed by atoms with Crippen molar-refractivity contribution in [2.24, 2.45) is 0 Å². The van der Waals surface area contributed by atoms with Gasteiger partial charge in [0.15, 0.2) is 0 Å². The minimum absolute atomic E-state index is 0.0772. The molecular formula is C16H25NO. The van der Waals surface area contributed by atoms with Gasteiger partial charge in [-0.1, -0.05) is 31.0 Å². The second-order valence-corrected chi connectivity index (χ2v) is 5.97. The van der Waals surface area contributed by atoms with E-state index in [1.807, 2.05) is 0 Å². The number of nitrogens with one attached hydrogen (secondary N) is 1. The lowest BCUT2D eigenvalue weighted by atomic mass is 9.89. The van der Waals surface area contributed by atoms with Crippen molar-refractivity contribution in [3.63, 3.8) is 0 Å². The van der Waals surface area contributed by atoms with Crippen LogP contribution in [0.1, 0.15) is 57.2 Å². The van der Waals surface area contributed by atoms with Gasteiger partial charge in [0.1, 0.15) is 11.4 Å². The quantitative estimate of drug-likeness (QED) is 0.812. The number of aryl methyl sites for hydroxylation is 1. The van der Waals surface area contributed by atoms with Gasteiger partial charge in [-0.05, 0) is 39.8 Å². The molecule has 1 aromatic carbocycles. The lowest BCUT2D eigenvalue weighted by Crippen LogP contribution is -2.39. The number of ether oxygens (including phenoxy) is 1. The van der Waals surface area contributed by atoms with Gasteiger partial charge in [0, 0.05) is 18.0 Å². The molecule has 1 unspecified atom stereocenters. The molecule has 1 aliphatic heterocycles. The predicted molar refractivity (Wildman–Crippen MR) is 76.2 cm³/mol. The fourth-order valence-corrected chi connectivity index (χ4v) is 2.61. The summed E-state index contributed by atoms with van der Waals surface area (Å²) in [6.45, 7) is 9.80. The SMILES string of the molecule is CCCCNC1CC(C)(C)Oc2ccc(C)cc21. The first-order valence-electron chi connectivity index (χ1n) is 7.05. The normalized spacial score (nSPS) is 21.2. The van der Waals surface area contributed by atoms with E-state index in [0.29, 0.717) is 6.04 Å². The van der Waals surface area contributed by atoms with E-state index in [0.717, 1.165) is 18.7 Å². The van der Waals surface area contributed by atoms with Gasteiger partial charge in [-0.2, -0.15) is 0 Å². The highest BCUT2D eigenvalue weighted by molar-refractivity contribution is 5.41. The van der Waals surface area contributed by atoms with Crippen molar-refractivity contribution in [1.29, 1.82) is 0 Å². The average Bonchev–Trinajstić information content (AvgIpc) is 2.29. The van der Waals surface area contributed by atoms with Crippen LogP contribution in [0.25, 0.3) is 0 Å². The van der Waals surface area contributed by atoms with Crippen LogP contribution in [-0.4, -0.2) is 12.1 Å². The van der Waals surface area contributed by atoms with E-state index in [2.05, 4.69) is 51.2 Å². The molecule has 0 aliphatic carbocycles. The molecule has 0 amide bonds. The molecule has 2 heteroatoms. The van der Waals surface area contributed by atoms with Gasteiger partial charge in [0.25, 0.3) is 0 Å². The lowest BCUT2D eigenvalue weighted by Gasteiger charge is -2.38. The van der Waals surface area contributed by atoms with Crippen molar-refractivity contribution >= 4 is 0 Å². The maximum atomic E-state index is 6.07. The molecule has 0 bridgehead atoms. The number of benzene rings is 1. The van der Waals surface area contributed by atoms with Crippen LogP contribution in [0.2, 0.25) is 0 Å². The molecule has 2 nitrogen and oxygen atoms in total. The molecule has 0 spiro atoms. The molecule has 1 aromatic rings. The molecule has 2 rings (SSSR count). The van der Waals surface area contributed by atoms with E-state index in [4.69, 9.17) is 4.74 Å². The summed E-state index contributed by atoms with van der Waals surface area (Å²) >= 11 is 0. The Hall–Kier alpha value is -1.02. The van der Waals surface area contributed by atoms with E-state index < -0.39 is 0 Å². The van der Waals surface area contributed by atoms with Crippen LogP contribution in [0.5, 0.6) is 5.75 Å². The number of unbranched alkanes of at least 4 members (excludes halogenated alkanes) is 1. The standard InChI is InChI=1S/C16H25NO/c1-5-6-9-17-14-11-16(3,4)18-15-8-7-12(2)10-13(14)15/h7-8,10,14,17H,5-6,9,11H2,1-4H3. The minimum Gasteiger partial charge on any atom is -0.487 e. The fraction of sp³-hybridized carbons (Fsp3) is 0.625. The fourth-order valence-electron chi connectivity index (χ4n) is 2.61. The van der Waals surface area contributed by atoms with Crippen LogP contribution in [0.3, 0.4) is 0 Å². The highest BCUT2D eigenvalue weighted by Gasteiger charge is 2.33. The van der Waals surface area contributed by atoms with Crippen LogP contribution in [0.4, 0.5) is 0 Å². The van der Waals surface area contributed by atoms with Crippen molar-refractivity contribution in [1.82, 2.24) is 5.32 Å². The van der Waals surface area contributed by atoms with Gasteiger partial charge in [-0.15, -0.1) is 0 Å². The summed E-state index contributed by atoms with van der Waals surface area (Å²) in [7, 11) is 0. The van der Waals surface area contributed by atoms with E-state index in [9.17, 15) is 0 Å².